The summed E-state index contributed by atoms with van der Waals surface area (Å²) in [4.78, 5) is 0. The summed E-state index contributed by atoms with van der Waals surface area (Å²) in [6.45, 7) is 7.50. The first-order valence-electron chi connectivity index (χ1n) is 4.95. The summed E-state index contributed by atoms with van der Waals surface area (Å²) in [5.41, 5.74) is 0.806. The molecular formula is C12H14FO2. The Morgan fingerprint density at radius 1 is 1.47 bits per heavy atom. The van der Waals surface area contributed by atoms with Crippen molar-refractivity contribution in [1.82, 2.24) is 0 Å². The van der Waals surface area contributed by atoms with E-state index in [4.69, 9.17) is 9.47 Å². The topological polar surface area (TPSA) is 18.5 Å². The van der Waals surface area contributed by atoms with Gasteiger partial charge in [-0.1, -0.05) is 0 Å². The zero-order valence-corrected chi connectivity index (χ0v) is 8.92. The van der Waals surface area contributed by atoms with E-state index in [9.17, 15) is 4.39 Å². The van der Waals surface area contributed by atoms with Crippen LogP contribution in [-0.2, 0) is 11.2 Å². The molecule has 0 aromatic heterocycles. The fourth-order valence-electron chi connectivity index (χ4n) is 1.78. The number of fused-ring (bicyclic) bond motifs is 1. The van der Waals surface area contributed by atoms with Crippen LogP contribution in [-0.4, -0.2) is 11.9 Å². The number of ether oxygens (including phenoxy) is 2. The first-order chi connectivity index (χ1) is 6.96. The van der Waals surface area contributed by atoms with Gasteiger partial charge in [-0.15, -0.1) is 0 Å². The Morgan fingerprint density at radius 3 is 2.93 bits per heavy atom. The molecule has 3 heteroatoms. The van der Waals surface area contributed by atoms with Gasteiger partial charge in [0.05, 0.1) is 6.10 Å². The molecule has 1 aromatic carbocycles. The quantitative estimate of drug-likeness (QED) is 0.654. The Balaban J connectivity index is 2.41. The standard InChI is InChI=1S/C12H14FO2/c1-8-6-9-7-10(13)4-5-11(9)15-12(2,3)14-8/h4-5,7-8H,1,6H2,2-3H3. The Bertz CT molecular complexity index is 374. The summed E-state index contributed by atoms with van der Waals surface area (Å²) >= 11 is 0. The van der Waals surface area contributed by atoms with Gasteiger partial charge in [-0.2, -0.15) is 0 Å². The highest BCUT2D eigenvalue weighted by molar-refractivity contribution is 5.35. The van der Waals surface area contributed by atoms with Crippen molar-refractivity contribution in [2.45, 2.75) is 32.2 Å². The third-order valence-corrected chi connectivity index (χ3v) is 2.28. The number of benzene rings is 1. The Morgan fingerprint density at radius 2 is 2.20 bits per heavy atom. The van der Waals surface area contributed by atoms with Crippen LogP contribution in [0.2, 0.25) is 0 Å². The molecular weight excluding hydrogens is 195 g/mol. The van der Waals surface area contributed by atoms with E-state index in [1.807, 2.05) is 13.8 Å². The van der Waals surface area contributed by atoms with Gasteiger partial charge in [0.2, 0.25) is 5.79 Å². The van der Waals surface area contributed by atoms with Crippen molar-refractivity contribution in [1.29, 1.82) is 0 Å². The summed E-state index contributed by atoms with van der Waals surface area (Å²) in [6, 6.07) is 4.49. The monoisotopic (exact) mass is 209 g/mol. The van der Waals surface area contributed by atoms with Gasteiger partial charge in [-0.25, -0.2) is 4.39 Å². The van der Waals surface area contributed by atoms with E-state index in [-0.39, 0.29) is 11.9 Å². The minimum atomic E-state index is -0.713. The lowest BCUT2D eigenvalue weighted by Crippen LogP contribution is -2.34. The summed E-state index contributed by atoms with van der Waals surface area (Å²) in [5.74, 6) is -0.299. The minimum absolute atomic E-state index is 0.219. The molecule has 1 aliphatic heterocycles. The fraction of sp³-hybridized carbons (Fsp3) is 0.417. The van der Waals surface area contributed by atoms with Crippen molar-refractivity contribution in [2.75, 3.05) is 0 Å². The second-order valence-corrected chi connectivity index (χ2v) is 4.20. The molecule has 0 saturated heterocycles. The van der Waals surface area contributed by atoms with E-state index < -0.39 is 5.79 Å². The molecule has 1 radical (unpaired) electrons. The van der Waals surface area contributed by atoms with E-state index in [1.54, 1.807) is 6.07 Å². The van der Waals surface area contributed by atoms with Gasteiger partial charge < -0.3 is 9.47 Å². The lowest BCUT2D eigenvalue weighted by molar-refractivity contribution is -0.169. The van der Waals surface area contributed by atoms with E-state index >= 15 is 0 Å². The molecule has 0 saturated carbocycles. The molecule has 1 aromatic rings. The molecule has 81 valence electrons. The van der Waals surface area contributed by atoms with Crippen molar-refractivity contribution >= 4 is 0 Å². The van der Waals surface area contributed by atoms with Crippen molar-refractivity contribution in [3.63, 3.8) is 0 Å². The first kappa shape index (κ1) is 10.4. The van der Waals surface area contributed by atoms with Gasteiger partial charge in [0, 0.05) is 20.3 Å². The number of hydrogen-bond acceptors (Lipinski definition) is 2. The molecule has 2 rings (SSSR count). The highest BCUT2D eigenvalue weighted by atomic mass is 19.1. The molecule has 0 amide bonds. The number of hydrogen-bond donors (Lipinski definition) is 0. The average molecular weight is 209 g/mol. The van der Waals surface area contributed by atoms with Gasteiger partial charge in [0.1, 0.15) is 11.6 Å². The number of rotatable bonds is 0. The molecule has 1 unspecified atom stereocenters. The van der Waals surface area contributed by atoms with Crippen molar-refractivity contribution < 1.29 is 13.9 Å². The fourth-order valence-corrected chi connectivity index (χ4v) is 1.78. The van der Waals surface area contributed by atoms with Crippen LogP contribution in [0.15, 0.2) is 18.2 Å². The van der Waals surface area contributed by atoms with Gasteiger partial charge >= 0.3 is 0 Å². The summed E-state index contributed by atoms with van der Waals surface area (Å²) < 4.78 is 24.2. The predicted octanol–water partition coefficient (Wildman–Crippen LogP) is 2.72. The van der Waals surface area contributed by atoms with Crippen LogP contribution in [0.3, 0.4) is 0 Å². The maximum atomic E-state index is 13.0. The van der Waals surface area contributed by atoms with Crippen LogP contribution in [0.25, 0.3) is 0 Å². The maximum Gasteiger partial charge on any atom is 0.205 e. The van der Waals surface area contributed by atoms with E-state index in [0.717, 1.165) is 5.56 Å². The van der Waals surface area contributed by atoms with Crippen LogP contribution >= 0.6 is 0 Å². The zero-order valence-electron chi connectivity index (χ0n) is 8.92. The Hall–Kier alpha value is -1.09. The van der Waals surface area contributed by atoms with Crippen molar-refractivity contribution in [3.05, 3.63) is 36.5 Å². The van der Waals surface area contributed by atoms with Crippen LogP contribution < -0.4 is 4.74 Å². The molecule has 0 spiro atoms. The molecule has 1 atom stereocenters. The molecule has 0 N–H and O–H groups in total. The molecule has 1 heterocycles. The minimum Gasteiger partial charge on any atom is -0.463 e. The Labute approximate surface area is 89.0 Å². The molecule has 1 aliphatic rings. The summed E-state index contributed by atoms with van der Waals surface area (Å²) in [7, 11) is 0. The molecule has 15 heavy (non-hydrogen) atoms. The largest absolute Gasteiger partial charge is 0.463 e. The second kappa shape index (κ2) is 3.49. The molecule has 2 nitrogen and oxygen atoms in total. The molecule has 0 bridgehead atoms. The van der Waals surface area contributed by atoms with Gasteiger partial charge in [0.25, 0.3) is 0 Å². The van der Waals surface area contributed by atoms with Crippen LogP contribution in [0.4, 0.5) is 4.39 Å². The normalized spacial score (nSPS) is 23.9. The van der Waals surface area contributed by atoms with E-state index in [1.165, 1.54) is 12.1 Å². The van der Waals surface area contributed by atoms with Gasteiger partial charge in [-0.3, -0.25) is 0 Å². The lowest BCUT2D eigenvalue weighted by atomic mass is 10.1. The molecule has 0 aliphatic carbocycles. The highest BCUT2D eigenvalue weighted by Gasteiger charge is 2.28. The third-order valence-electron chi connectivity index (χ3n) is 2.28. The van der Waals surface area contributed by atoms with Crippen LogP contribution in [0.1, 0.15) is 19.4 Å². The summed E-state index contributed by atoms with van der Waals surface area (Å²) in [6.07, 6.45) is 0.347. The third kappa shape index (κ3) is 2.29. The van der Waals surface area contributed by atoms with Crippen LogP contribution in [0, 0.1) is 12.7 Å². The first-order valence-corrected chi connectivity index (χ1v) is 4.95. The van der Waals surface area contributed by atoms with Gasteiger partial charge in [-0.05, 0) is 30.7 Å². The van der Waals surface area contributed by atoms with E-state index in [2.05, 4.69) is 6.92 Å². The molecule has 0 fully saturated rings. The average Bonchev–Trinajstić information content (AvgIpc) is 2.18. The number of halogens is 1. The summed E-state index contributed by atoms with van der Waals surface area (Å²) in [5, 5.41) is 0. The lowest BCUT2D eigenvalue weighted by Gasteiger charge is -2.26. The van der Waals surface area contributed by atoms with Gasteiger partial charge in [0.15, 0.2) is 0 Å². The SMILES string of the molecule is [CH2]C1Cc2cc(F)ccc2OC(C)(C)O1. The Kier molecular flexibility index (Phi) is 2.43. The predicted molar refractivity (Wildman–Crippen MR) is 55.0 cm³/mol. The van der Waals surface area contributed by atoms with Crippen molar-refractivity contribution in [3.8, 4) is 5.75 Å². The zero-order chi connectivity index (χ0) is 11.1. The smallest absolute Gasteiger partial charge is 0.205 e. The highest BCUT2D eigenvalue weighted by Crippen LogP contribution is 2.30. The van der Waals surface area contributed by atoms with Crippen molar-refractivity contribution in [2.24, 2.45) is 0 Å². The van der Waals surface area contributed by atoms with Crippen LogP contribution in [0.5, 0.6) is 5.75 Å². The van der Waals surface area contributed by atoms with E-state index in [0.29, 0.717) is 12.2 Å². The maximum absolute atomic E-state index is 13.0. The second-order valence-electron chi connectivity index (χ2n) is 4.20.